The summed E-state index contributed by atoms with van der Waals surface area (Å²) >= 11 is 0. The van der Waals surface area contributed by atoms with Crippen molar-refractivity contribution >= 4 is 44.9 Å². The van der Waals surface area contributed by atoms with Crippen molar-refractivity contribution in [2.75, 3.05) is 13.7 Å². The number of benzene rings is 1. The van der Waals surface area contributed by atoms with Crippen molar-refractivity contribution in [3.63, 3.8) is 0 Å². The summed E-state index contributed by atoms with van der Waals surface area (Å²) in [6.45, 7) is 5.05. The van der Waals surface area contributed by atoms with Gasteiger partial charge in [0.15, 0.2) is 0 Å². The molecule has 15 nitrogen and oxygen atoms in total. The molecular formula is C41H50F2N6O9S. The highest BCUT2D eigenvalue weighted by Gasteiger charge is 2.67. The monoisotopic (exact) mass is 840 g/mol. The molecule has 18 heteroatoms. The van der Waals surface area contributed by atoms with E-state index in [4.69, 9.17) is 24.2 Å². The van der Waals surface area contributed by atoms with Gasteiger partial charge in [0.1, 0.15) is 41.3 Å². The Hall–Kier alpha value is -4.79. The maximum absolute atomic E-state index is 14.8. The summed E-state index contributed by atoms with van der Waals surface area (Å²) in [5, 5.41) is 4.41. The largest absolute Gasteiger partial charge is 0.497 e. The molecule has 9 unspecified atom stereocenters. The van der Waals surface area contributed by atoms with Crippen LogP contribution in [0.2, 0.25) is 0 Å². The van der Waals surface area contributed by atoms with Crippen LogP contribution in [0, 0.1) is 40.9 Å². The highest BCUT2D eigenvalue weighted by molar-refractivity contribution is 7.91. The Morgan fingerprint density at radius 2 is 1.83 bits per heavy atom. The number of nitrogens with one attached hydrogen (secondary N) is 3. The molecule has 4 amide bonds. The number of carbonyl (C=O) groups is 4. The van der Waals surface area contributed by atoms with Crippen molar-refractivity contribution < 1.29 is 50.6 Å². The lowest BCUT2D eigenvalue weighted by Crippen LogP contribution is -2.60. The van der Waals surface area contributed by atoms with Crippen LogP contribution < -0.4 is 24.8 Å². The molecule has 9 atom stereocenters. The van der Waals surface area contributed by atoms with Gasteiger partial charge in [-0.25, -0.2) is 32.0 Å². The van der Waals surface area contributed by atoms with Crippen molar-refractivity contribution in [3.8, 4) is 23.5 Å². The van der Waals surface area contributed by atoms with Gasteiger partial charge in [0, 0.05) is 18.4 Å². The number of aromatic nitrogens is 2. The Balaban J connectivity index is 1.14. The van der Waals surface area contributed by atoms with E-state index >= 15 is 0 Å². The van der Waals surface area contributed by atoms with Crippen LogP contribution in [0.3, 0.4) is 0 Å². The highest BCUT2D eigenvalue weighted by atomic mass is 32.2. The van der Waals surface area contributed by atoms with Gasteiger partial charge in [0.2, 0.25) is 34.1 Å². The summed E-state index contributed by atoms with van der Waals surface area (Å²) in [6.07, 6.45) is -0.605. The van der Waals surface area contributed by atoms with Crippen LogP contribution in [0.25, 0.3) is 11.0 Å². The highest BCUT2D eigenvalue weighted by Crippen LogP contribution is 2.49. The van der Waals surface area contributed by atoms with Gasteiger partial charge in [-0.15, -0.1) is 0 Å². The lowest BCUT2D eigenvalue weighted by Gasteiger charge is -2.36. The standard InChI is InChI=1S/C41H50F2N6O9S/c1-40(2,3)33-37(51)49-20-24(18-31(49)35(50)47-41(19-27(41)34(42)43)38(52)48-59(54,55)25-12-13-25)57-36-29(44-28-15-11-23(56-4)17-30(28)45-36)9-7-5-6-8-22-16-21-10-14-26(21)32(22)58-39(53)46-33/h11,15,17,21-22,24-27,31-34H,5-9,12-13,16,18-20H2,1-4H3,(H,46,53)(H,47,50)(H,48,52). The van der Waals surface area contributed by atoms with E-state index in [2.05, 4.69) is 22.5 Å². The third kappa shape index (κ3) is 8.11. The Morgan fingerprint density at radius 1 is 1.05 bits per heavy atom. The smallest absolute Gasteiger partial charge is 0.408 e. The van der Waals surface area contributed by atoms with Crippen molar-refractivity contribution in [2.45, 2.75) is 126 Å². The number of amides is 4. The van der Waals surface area contributed by atoms with Crippen LogP contribution in [0.5, 0.6) is 11.6 Å². The molecule has 59 heavy (non-hydrogen) atoms. The first kappa shape index (κ1) is 41.0. The van der Waals surface area contributed by atoms with Crippen LogP contribution in [0.4, 0.5) is 13.6 Å². The quantitative estimate of drug-likeness (QED) is 0.345. The molecule has 6 aliphatic rings. The molecule has 8 rings (SSSR count). The molecule has 3 saturated carbocycles. The number of hydrogen-bond acceptors (Lipinski definition) is 11. The van der Waals surface area contributed by atoms with E-state index in [1.165, 1.54) is 12.0 Å². The van der Waals surface area contributed by atoms with Crippen LogP contribution in [0.1, 0.15) is 84.3 Å². The number of rotatable bonds is 7. The zero-order valence-electron chi connectivity index (χ0n) is 33.5. The molecule has 3 heterocycles. The fourth-order valence-corrected chi connectivity index (χ4v) is 10.4. The summed E-state index contributed by atoms with van der Waals surface area (Å²) in [5.41, 5.74) is -1.46. The minimum absolute atomic E-state index is 0.0611. The first-order valence-electron chi connectivity index (χ1n) is 20.4. The number of hydrogen-bond donors (Lipinski definition) is 3. The topological polar surface area (TPSA) is 195 Å². The van der Waals surface area contributed by atoms with E-state index in [1.54, 1.807) is 39.0 Å². The number of nitrogens with zero attached hydrogens (tertiary/aromatic N) is 3. The van der Waals surface area contributed by atoms with E-state index in [-0.39, 0.29) is 36.6 Å². The van der Waals surface area contributed by atoms with Crippen LogP contribution in [-0.4, -0.2) is 102 Å². The maximum atomic E-state index is 14.8. The number of ether oxygens (including phenoxy) is 3. The maximum Gasteiger partial charge on any atom is 0.408 e. The van der Waals surface area contributed by atoms with Crippen LogP contribution in [-0.2, 0) is 35.6 Å². The van der Waals surface area contributed by atoms with Gasteiger partial charge in [-0.1, -0.05) is 45.5 Å². The summed E-state index contributed by atoms with van der Waals surface area (Å²) < 4.78 is 73.8. The third-order valence-electron chi connectivity index (χ3n) is 12.7. The van der Waals surface area contributed by atoms with Crippen LogP contribution in [0.15, 0.2) is 18.2 Å². The zero-order valence-corrected chi connectivity index (χ0v) is 34.3. The molecule has 1 aromatic carbocycles. The SMILES string of the molecule is COc1ccc2nc3c(nc2c1)OC1CC(C(=O)NC2(C(=O)NS(=O)(=O)C4CC4)CC2C(F)F)N(C1)C(=O)C(C(C)(C)C)NC(=O)OC1C(CCCCC3)CC2C#CC21. The number of sulfonamides is 1. The molecule has 2 aliphatic heterocycles. The van der Waals surface area contributed by atoms with Gasteiger partial charge >= 0.3 is 6.09 Å². The summed E-state index contributed by atoms with van der Waals surface area (Å²) in [4.78, 5) is 67.3. The van der Waals surface area contributed by atoms with E-state index in [9.17, 15) is 36.4 Å². The van der Waals surface area contributed by atoms with Crippen molar-refractivity contribution in [2.24, 2.45) is 29.1 Å². The molecule has 1 aromatic heterocycles. The molecule has 0 spiro atoms. The van der Waals surface area contributed by atoms with Gasteiger partial charge < -0.3 is 29.7 Å². The molecule has 3 N–H and O–H groups in total. The fraction of sp³-hybridized carbons (Fsp3) is 0.659. The van der Waals surface area contributed by atoms with Gasteiger partial charge in [0.25, 0.3) is 5.91 Å². The number of alkyl carbamates (subject to hydrolysis) is 1. The first-order valence-corrected chi connectivity index (χ1v) is 22.0. The summed E-state index contributed by atoms with van der Waals surface area (Å²) in [7, 11) is -2.61. The molecule has 4 aliphatic carbocycles. The van der Waals surface area contributed by atoms with E-state index in [0.717, 1.165) is 32.1 Å². The van der Waals surface area contributed by atoms with Crippen molar-refractivity contribution in [3.05, 3.63) is 23.9 Å². The second-order valence-electron chi connectivity index (χ2n) is 17.9. The molecule has 2 aromatic rings. The Kier molecular flexibility index (Phi) is 10.7. The minimum atomic E-state index is -4.14. The van der Waals surface area contributed by atoms with Crippen molar-refractivity contribution in [1.29, 1.82) is 0 Å². The molecule has 4 fully saturated rings. The fourth-order valence-electron chi connectivity index (χ4n) is 9.00. The number of methoxy groups -OCH3 is 1. The average Bonchev–Trinajstić information content (AvgIpc) is 4.08. The minimum Gasteiger partial charge on any atom is -0.497 e. The lowest BCUT2D eigenvalue weighted by atomic mass is 9.85. The number of fused-ring (bicyclic) bond motifs is 7. The van der Waals surface area contributed by atoms with Gasteiger partial charge in [-0.2, -0.15) is 0 Å². The lowest BCUT2D eigenvalue weighted by molar-refractivity contribution is -0.143. The Bertz CT molecular complexity index is 2220. The van der Waals surface area contributed by atoms with Gasteiger partial charge in [-0.05, 0) is 68.4 Å². The van der Waals surface area contributed by atoms with E-state index < -0.39 is 93.1 Å². The second kappa shape index (κ2) is 15.3. The molecular weight excluding hydrogens is 791 g/mol. The average molecular weight is 841 g/mol. The zero-order chi connectivity index (χ0) is 42.0. The molecule has 318 valence electrons. The second-order valence-corrected chi connectivity index (χ2v) is 19.9. The van der Waals surface area contributed by atoms with Crippen LogP contribution >= 0.6 is 0 Å². The number of aryl methyl sites for hydroxylation is 1. The molecule has 1 saturated heterocycles. The molecule has 0 radical (unpaired) electrons. The van der Waals surface area contributed by atoms with Gasteiger partial charge in [0.05, 0.1) is 41.8 Å². The van der Waals surface area contributed by atoms with Crippen molar-refractivity contribution in [1.82, 2.24) is 30.2 Å². The van der Waals surface area contributed by atoms with Gasteiger partial charge in [-0.3, -0.25) is 19.1 Å². The van der Waals surface area contributed by atoms with E-state index in [1.807, 2.05) is 4.72 Å². The Labute approximate surface area is 341 Å². The first-order chi connectivity index (χ1) is 28.0. The van der Waals surface area contributed by atoms with E-state index in [0.29, 0.717) is 41.7 Å². The summed E-state index contributed by atoms with van der Waals surface area (Å²) in [6, 6.07) is 2.68. The molecule has 2 bridgehead atoms. The summed E-state index contributed by atoms with van der Waals surface area (Å²) in [5.74, 6) is 2.67. The third-order valence-corrected chi connectivity index (χ3v) is 14.5. The Morgan fingerprint density at radius 3 is 2.49 bits per heavy atom. The predicted molar refractivity (Wildman–Crippen MR) is 207 cm³/mol. The number of halogens is 2. The predicted octanol–water partition coefficient (Wildman–Crippen LogP) is 3.63. The number of alkyl halides is 2. The number of carbonyl (C=O) groups excluding carboxylic acids is 4. The normalized spacial score (nSPS) is 32.0.